The maximum atomic E-state index is 8.57. The number of aliphatic hydroxyl groups is 1. The van der Waals surface area contributed by atoms with E-state index in [1.165, 1.54) is 89.0 Å². The van der Waals surface area contributed by atoms with E-state index in [1.54, 1.807) is 0 Å². The van der Waals surface area contributed by atoms with E-state index in [0.717, 1.165) is 5.92 Å². The van der Waals surface area contributed by atoms with Gasteiger partial charge in [-0.15, -0.1) is 0 Å². The Morgan fingerprint density at radius 1 is 0.850 bits per heavy atom. The van der Waals surface area contributed by atoms with Gasteiger partial charge in [-0.3, -0.25) is 0 Å². The summed E-state index contributed by atoms with van der Waals surface area (Å²) in [7, 11) is 0. The maximum absolute atomic E-state index is 8.57. The Morgan fingerprint density at radius 2 is 1.30 bits per heavy atom. The van der Waals surface area contributed by atoms with Crippen molar-refractivity contribution < 1.29 is 5.11 Å². The van der Waals surface area contributed by atoms with Crippen LogP contribution in [0.15, 0.2) is 12.2 Å². The molecule has 0 heterocycles. The minimum atomic E-state index is 0.417. The van der Waals surface area contributed by atoms with Crippen LogP contribution in [0.1, 0.15) is 90.4 Å². The fourth-order valence-corrected chi connectivity index (χ4v) is 3.49. The van der Waals surface area contributed by atoms with Gasteiger partial charge in [0.05, 0.1) is 0 Å². The summed E-state index contributed by atoms with van der Waals surface area (Å²) in [6.45, 7) is 6.57. The van der Waals surface area contributed by atoms with E-state index < -0.39 is 0 Å². The first kappa shape index (κ1) is 17.8. The Labute approximate surface area is 126 Å². The van der Waals surface area contributed by atoms with Gasteiger partial charge in [-0.25, -0.2) is 0 Å². The molecule has 3 aliphatic rings. The lowest BCUT2D eigenvalue weighted by atomic mass is 10.1. The van der Waals surface area contributed by atoms with Gasteiger partial charge in [-0.1, -0.05) is 64.0 Å². The fraction of sp³-hybridized carbons (Fsp3) is 0.895. The molecule has 0 unspecified atom stereocenters. The summed E-state index contributed by atoms with van der Waals surface area (Å²) in [5, 5.41) is 8.57. The van der Waals surface area contributed by atoms with Gasteiger partial charge in [0.1, 0.15) is 0 Å². The van der Waals surface area contributed by atoms with Crippen molar-refractivity contribution in [1.29, 1.82) is 0 Å². The normalized spacial score (nSPS) is 23.2. The summed E-state index contributed by atoms with van der Waals surface area (Å²) in [5.41, 5.74) is 1.45. The van der Waals surface area contributed by atoms with Gasteiger partial charge in [0, 0.05) is 6.61 Å². The molecule has 0 saturated heterocycles. The van der Waals surface area contributed by atoms with Crippen LogP contribution in [0.25, 0.3) is 0 Å². The van der Waals surface area contributed by atoms with Crippen molar-refractivity contribution in [2.45, 2.75) is 90.4 Å². The number of hydrogen-bond acceptors (Lipinski definition) is 1. The first-order chi connectivity index (χ1) is 9.76. The second kappa shape index (κ2) is 11.4. The molecule has 0 bridgehead atoms. The van der Waals surface area contributed by atoms with Crippen LogP contribution < -0.4 is 0 Å². The maximum Gasteiger partial charge on any atom is 0.0459 e. The zero-order valence-electron chi connectivity index (χ0n) is 13.7. The molecule has 0 atom stereocenters. The van der Waals surface area contributed by atoms with Gasteiger partial charge in [0.15, 0.2) is 0 Å². The van der Waals surface area contributed by atoms with Crippen LogP contribution >= 0.6 is 0 Å². The molecule has 1 N–H and O–H groups in total. The van der Waals surface area contributed by atoms with Crippen LogP contribution in [0.3, 0.4) is 0 Å². The average molecular weight is 280 g/mol. The molecule has 1 nitrogen and oxygen atoms in total. The topological polar surface area (TPSA) is 20.2 Å². The van der Waals surface area contributed by atoms with Gasteiger partial charge in [0.25, 0.3) is 0 Å². The molecule has 3 fully saturated rings. The molecule has 1 heteroatoms. The first-order valence-corrected chi connectivity index (χ1v) is 9.03. The lowest BCUT2D eigenvalue weighted by molar-refractivity contribution is 0.230. The Morgan fingerprint density at radius 3 is 1.50 bits per heavy atom. The van der Waals surface area contributed by atoms with Crippen LogP contribution in [0, 0.1) is 11.8 Å². The molecule has 3 rings (SSSR count). The zero-order chi connectivity index (χ0) is 14.6. The van der Waals surface area contributed by atoms with Crippen molar-refractivity contribution in [3.8, 4) is 0 Å². The lowest BCUT2D eigenvalue weighted by Gasteiger charge is -1.99. The molecular weight excluding hydrogens is 244 g/mol. The monoisotopic (exact) mass is 280 g/mol. The largest absolute Gasteiger partial charge is 0.396 e. The van der Waals surface area contributed by atoms with Crippen molar-refractivity contribution in [2.75, 3.05) is 6.61 Å². The van der Waals surface area contributed by atoms with Crippen molar-refractivity contribution in [2.24, 2.45) is 11.8 Å². The van der Waals surface area contributed by atoms with E-state index in [2.05, 4.69) is 13.5 Å². The second-order valence-electron chi connectivity index (χ2n) is 6.85. The molecule has 0 radical (unpaired) electrons. The van der Waals surface area contributed by atoms with Crippen LogP contribution in [0.4, 0.5) is 0 Å². The highest BCUT2D eigenvalue weighted by atomic mass is 16.3. The summed E-state index contributed by atoms with van der Waals surface area (Å²) in [6.07, 6.45) is 18.0. The van der Waals surface area contributed by atoms with Gasteiger partial charge in [0.2, 0.25) is 0 Å². The van der Waals surface area contributed by atoms with Crippen LogP contribution in [0.5, 0.6) is 0 Å². The predicted molar refractivity (Wildman–Crippen MR) is 88.9 cm³/mol. The molecular formula is C19H36O. The highest BCUT2D eigenvalue weighted by Crippen LogP contribution is 2.26. The third-order valence-corrected chi connectivity index (χ3v) is 5.10. The molecule has 20 heavy (non-hydrogen) atoms. The lowest BCUT2D eigenvalue weighted by Crippen LogP contribution is -1.97. The highest BCUT2D eigenvalue weighted by molar-refractivity contribution is 4.98. The van der Waals surface area contributed by atoms with Crippen molar-refractivity contribution in [3.63, 3.8) is 0 Å². The average Bonchev–Trinajstić information content (AvgIpc) is 3.23. The van der Waals surface area contributed by atoms with Crippen LogP contribution in [0.2, 0.25) is 0 Å². The summed E-state index contributed by atoms with van der Waals surface area (Å²) in [6, 6.07) is 0. The molecule has 3 saturated carbocycles. The minimum Gasteiger partial charge on any atom is -0.396 e. The molecule has 118 valence electrons. The van der Waals surface area contributed by atoms with Gasteiger partial charge in [-0.05, 0) is 50.4 Å². The summed E-state index contributed by atoms with van der Waals surface area (Å²) >= 11 is 0. The predicted octanol–water partition coefficient (Wildman–Crippen LogP) is 5.87. The number of allylic oxidation sites excluding steroid dienone is 1. The minimum absolute atomic E-state index is 0.417. The molecule has 0 spiro atoms. The highest BCUT2D eigenvalue weighted by Gasteiger charge is 2.12. The van der Waals surface area contributed by atoms with E-state index in [0.29, 0.717) is 12.5 Å². The van der Waals surface area contributed by atoms with Crippen LogP contribution in [-0.2, 0) is 0 Å². The molecule has 3 aliphatic carbocycles. The summed E-state index contributed by atoms with van der Waals surface area (Å²) < 4.78 is 0. The Hall–Kier alpha value is -0.300. The summed E-state index contributed by atoms with van der Waals surface area (Å²) in [5.74, 6) is 1.75. The standard InChI is InChI=1S/C7H14.C6H12O.C6H10/c1-2-7-5-3-4-6-7;7-5-6-3-1-2-4-6;1-6-4-2-3-5-6/h7H,2-6H2,1H3;6-7H,1-5H2;1-5H2. The first-order valence-electron chi connectivity index (χ1n) is 9.03. The number of rotatable bonds is 2. The van der Waals surface area contributed by atoms with Crippen LogP contribution in [-0.4, -0.2) is 11.7 Å². The van der Waals surface area contributed by atoms with Gasteiger partial charge < -0.3 is 5.11 Å². The molecule has 0 aliphatic heterocycles. The van der Waals surface area contributed by atoms with Gasteiger partial charge >= 0.3 is 0 Å². The zero-order valence-corrected chi connectivity index (χ0v) is 13.7. The third-order valence-electron chi connectivity index (χ3n) is 5.10. The van der Waals surface area contributed by atoms with E-state index in [-0.39, 0.29) is 0 Å². The number of aliphatic hydroxyl groups excluding tert-OH is 1. The van der Waals surface area contributed by atoms with E-state index >= 15 is 0 Å². The van der Waals surface area contributed by atoms with Crippen molar-refractivity contribution in [3.05, 3.63) is 12.2 Å². The molecule has 0 amide bonds. The Balaban J connectivity index is 0.000000151. The fourth-order valence-electron chi connectivity index (χ4n) is 3.49. The van der Waals surface area contributed by atoms with Gasteiger partial charge in [-0.2, -0.15) is 0 Å². The Bertz CT molecular complexity index is 210. The Kier molecular flexibility index (Phi) is 10.1. The van der Waals surface area contributed by atoms with E-state index in [4.69, 9.17) is 5.11 Å². The molecule has 0 aromatic heterocycles. The quantitative estimate of drug-likeness (QED) is 0.627. The second-order valence-corrected chi connectivity index (χ2v) is 6.85. The van der Waals surface area contributed by atoms with E-state index in [1.807, 2.05) is 0 Å². The number of hydrogen-bond donors (Lipinski definition) is 1. The molecule has 0 aromatic rings. The third kappa shape index (κ3) is 8.09. The summed E-state index contributed by atoms with van der Waals surface area (Å²) in [4.78, 5) is 0. The smallest absolute Gasteiger partial charge is 0.0459 e. The van der Waals surface area contributed by atoms with E-state index in [9.17, 15) is 0 Å². The van der Waals surface area contributed by atoms with Crippen molar-refractivity contribution in [1.82, 2.24) is 0 Å². The SMILES string of the molecule is C=C1CCCC1.CCC1CCCC1.OCC1CCCC1. The van der Waals surface area contributed by atoms with Crippen molar-refractivity contribution >= 4 is 0 Å². The molecule has 0 aromatic carbocycles.